The zero-order valence-corrected chi connectivity index (χ0v) is 12.8. The van der Waals surface area contributed by atoms with Crippen molar-refractivity contribution in [2.24, 2.45) is 0 Å². The van der Waals surface area contributed by atoms with Gasteiger partial charge in [-0.2, -0.15) is 0 Å². The number of nitrogens with one attached hydrogen (secondary N) is 2. The number of amides is 1. The number of likely N-dealkylation sites (N-methyl/N-ethyl adjacent to an activating group) is 1. The second kappa shape index (κ2) is 6.48. The van der Waals surface area contributed by atoms with Crippen LogP contribution in [0.25, 0.3) is 0 Å². The zero-order chi connectivity index (χ0) is 14.7. The highest BCUT2D eigenvalue weighted by molar-refractivity contribution is 5.95. The van der Waals surface area contributed by atoms with Gasteiger partial charge in [-0.05, 0) is 62.5 Å². The molecule has 21 heavy (non-hydrogen) atoms. The smallest absolute Gasteiger partial charge is 0.251 e. The number of anilines is 1. The summed E-state index contributed by atoms with van der Waals surface area (Å²) in [5, 5.41) is 6.49. The van der Waals surface area contributed by atoms with Gasteiger partial charge in [-0.1, -0.05) is 6.92 Å². The van der Waals surface area contributed by atoms with Gasteiger partial charge >= 0.3 is 0 Å². The third kappa shape index (κ3) is 3.21. The number of carbonyl (C=O) groups excluding carboxylic acids is 1. The van der Waals surface area contributed by atoms with E-state index in [4.69, 9.17) is 0 Å². The molecule has 0 bridgehead atoms. The SMILES string of the molecule is CCN1CCCC1CNC(=O)c1ccc2c(c1)CCCN2. The van der Waals surface area contributed by atoms with Crippen LogP contribution in [0.1, 0.15) is 42.1 Å². The van der Waals surface area contributed by atoms with Gasteiger partial charge in [0.25, 0.3) is 5.91 Å². The third-order valence-corrected chi connectivity index (χ3v) is 4.71. The highest BCUT2D eigenvalue weighted by atomic mass is 16.1. The standard InChI is InChI=1S/C17H25N3O/c1-2-20-10-4-6-15(20)12-19-17(21)14-7-8-16-13(11-14)5-3-9-18-16/h7-8,11,15,18H,2-6,9-10,12H2,1H3,(H,19,21). The van der Waals surface area contributed by atoms with E-state index >= 15 is 0 Å². The molecule has 1 fully saturated rings. The molecule has 0 radical (unpaired) electrons. The van der Waals surface area contributed by atoms with Crippen molar-refractivity contribution in [1.82, 2.24) is 10.2 Å². The molecule has 4 nitrogen and oxygen atoms in total. The first-order valence-corrected chi connectivity index (χ1v) is 8.17. The predicted molar refractivity (Wildman–Crippen MR) is 85.9 cm³/mol. The molecule has 1 unspecified atom stereocenters. The van der Waals surface area contributed by atoms with Gasteiger partial charge in [-0.15, -0.1) is 0 Å². The summed E-state index contributed by atoms with van der Waals surface area (Å²) in [7, 11) is 0. The molecule has 1 atom stereocenters. The Kier molecular flexibility index (Phi) is 4.44. The van der Waals surface area contributed by atoms with E-state index in [-0.39, 0.29) is 5.91 Å². The largest absolute Gasteiger partial charge is 0.385 e. The van der Waals surface area contributed by atoms with E-state index in [9.17, 15) is 4.79 Å². The van der Waals surface area contributed by atoms with Crippen LogP contribution in [0.15, 0.2) is 18.2 Å². The van der Waals surface area contributed by atoms with Crippen molar-refractivity contribution >= 4 is 11.6 Å². The lowest BCUT2D eigenvalue weighted by molar-refractivity contribution is 0.0941. The highest BCUT2D eigenvalue weighted by Crippen LogP contribution is 2.23. The number of hydrogen-bond donors (Lipinski definition) is 2. The fourth-order valence-electron chi connectivity index (χ4n) is 3.47. The summed E-state index contributed by atoms with van der Waals surface area (Å²) < 4.78 is 0. The minimum absolute atomic E-state index is 0.0614. The molecule has 0 aliphatic carbocycles. The second-order valence-electron chi connectivity index (χ2n) is 6.04. The van der Waals surface area contributed by atoms with Gasteiger partial charge in [-0.3, -0.25) is 9.69 Å². The average molecular weight is 287 g/mol. The summed E-state index contributed by atoms with van der Waals surface area (Å²) in [6, 6.07) is 6.53. The van der Waals surface area contributed by atoms with Crippen molar-refractivity contribution < 1.29 is 4.79 Å². The normalized spacial score (nSPS) is 21.7. The molecule has 0 spiro atoms. The number of fused-ring (bicyclic) bond motifs is 1. The second-order valence-corrected chi connectivity index (χ2v) is 6.04. The first-order valence-electron chi connectivity index (χ1n) is 8.17. The fourth-order valence-corrected chi connectivity index (χ4v) is 3.47. The molecular formula is C17H25N3O. The Hall–Kier alpha value is -1.55. The molecule has 2 N–H and O–H groups in total. The molecule has 3 rings (SSSR count). The van der Waals surface area contributed by atoms with Crippen LogP contribution in [0.4, 0.5) is 5.69 Å². The van der Waals surface area contributed by atoms with Crippen LogP contribution in [0.3, 0.4) is 0 Å². The van der Waals surface area contributed by atoms with Crippen LogP contribution >= 0.6 is 0 Å². The molecule has 0 aromatic heterocycles. The van der Waals surface area contributed by atoms with Crippen LogP contribution in [0, 0.1) is 0 Å². The molecule has 2 heterocycles. The van der Waals surface area contributed by atoms with Gasteiger partial charge in [0.15, 0.2) is 0 Å². The Morgan fingerprint density at radius 3 is 3.19 bits per heavy atom. The van der Waals surface area contributed by atoms with Crippen molar-refractivity contribution in [2.75, 3.05) is 31.5 Å². The Balaban J connectivity index is 1.60. The van der Waals surface area contributed by atoms with Gasteiger partial charge in [0.1, 0.15) is 0 Å². The summed E-state index contributed by atoms with van der Waals surface area (Å²) in [6.45, 7) is 6.23. The molecule has 0 saturated carbocycles. The topological polar surface area (TPSA) is 44.4 Å². The number of aryl methyl sites for hydroxylation is 1. The van der Waals surface area contributed by atoms with Crippen LogP contribution in [-0.4, -0.2) is 43.0 Å². The van der Waals surface area contributed by atoms with Gasteiger partial charge in [0.05, 0.1) is 0 Å². The Labute approximate surface area is 126 Å². The lowest BCUT2D eigenvalue weighted by Crippen LogP contribution is -2.40. The van der Waals surface area contributed by atoms with E-state index in [1.807, 2.05) is 18.2 Å². The van der Waals surface area contributed by atoms with E-state index in [1.165, 1.54) is 30.6 Å². The maximum absolute atomic E-state index is 12.3. The summed E-state index contributed by atoms with van der Waals surface area (Å²) in [5.74, 6) is 0.0614. The van der Waals surface area contributed by atoms with Crippen LogP contribution < -0.4 is 10.6 Å². The number of nitrogens with zero attached hydrogens (tertiary/aromatic N) is 1. The summed E-state index contributed by atoms with van der Waals surface area (Å²) in [6.07, 6.45) is 4.66. The molecular weight excluding hydrogens is 262 g/mol. The monoisotopic (exact) mass is 287 g/mol. The number of benzene rings is 1. The molecule has 2 aliphatic heterocycles. The molecule has 1 aromatic carbocycles. The van der Waals surface area contributed by atoms with E-state index in [0.29, 0.717) is 6.04 Å². The van der Waals surface area contributed by atoms with E-state index < -0.39 is 0 Å². The zero-order valence-electron chi connectivity index (χ0n) is 12.8. The maximum Gasteiger partial charge on any atom is 0.251 e. The Bertz CT molecular complexity index is 515. The molecule has 1 aromatic rings. The molecule has 1 saturated heterocycles. The van der Waals surface area contributed by atoms with Gasteiger partial charge in [0, 0.05) is 30.4 Å². The minimum Gasteiger partial charge on any atom is -0.385 e. The minimum atomic E-state index is 0.0614. The first-order chi connectivity index (χ1) is 10.3. The average Bonchev–Trinajstić information content (AvgIpc) is 2.99. The maximum atomic E-state index is 12.3. The first kappa shape index (κ1) is 14.4. The van der Waals surface area contributed by atoms with Crippen LogP contribution in [-0.2, 0) is 6.42 Å². The highest BCUT2D eigenvalue weighted by Gasteiger charge is 2.23. The lowest BCUT2D eigenvalue weighted by Gasteiger charge is -2.23. The molecule has 2 aliphatic rings. The van der Waals surface area contributed by atoms with Gasteiger partial charge in [-0.25, -0.2) is 0 Å². The van der Waals surface area contributed by atoms with E-state index in [2.05, 4.69) is 22.5 Å². The van der Waals surface area contributed by atoms with Crippen LogP contribution in [0.2, 0.25) is 0 Å². The van der Waals surface area contributed by atoms with E-state index in [1.54, 1.807) is 0 Å². The molecule has 1 amide bonds. The van der Waals surface area contributed by atoms with Gasteiger partial charge < -0.3 is 10.6 Å². The number of rotatable bonds is 4. The number of likely N-dealkylation sites (tertiary alicyclic amines) is 1. The third-order valence-electron chi connectivity index (χ3n) is 4.71. The number of carbonyl (C=O) groups is 1. The summed E-state index contributed by atoms with van der Waals surface area (Å²) >= 11 is 0. The Morgan fingerprint density at radius 1 is 1.43 bits per heavy atom. The quantitative estimate of drug-likeness (QED) is 0.893. The fraction of sp³-hybridized carbons (Fsp3) is 0.588. The van der Waals surface area contributed by atoms with Crippen molar-refractivity contribution in [3.05, 3.63) is 29.3 Å². The van der Waals surface area contributed by atoms with Crippen molar-refractivity contribution in [2.45, 2.75) is 38.6 Å². The van der Waals surface area contributed by atoms with Crippen LogP contribution in [0.5, 0.6) is 0 Å². The van der Waals surface area contributed by atoms with Crippen molar-refractivity contribution in [1.29, 1.82) is 0 Å². The van der Waals surface area contributed by atoms with E-state index in [0.717, 1.165) is 38.0 Å². The van der Waals surface area contributed by atoms with Crippen molar-refractivity contribution in [3.63, 3.8) is 0 Å². The number of hydrogen-bond acceptors (Lipinski definition) is 3. The summed E-state index contributed by atoms with van der Waals surface area (Å²) in [5.41, 5.74) is 3.24. The van der Waals surface area contributed by atoms with Crippen molar-refractivity contribution in [3.8, 4) is 0 Å². The summed E-state index contributed by atoms with van der Waals surface area (Å²) in [4.78, 5) is 14.8. The lowest BCUT2D eigenvalue weighted by atomic mass is 10.0. The van der Waals surface area contributed by atoms with Gasteiger partial charge in [0.2, 0.25) is 0 Å². The Morgan fingerprint density at radius 2 is 2.33 bits per heavy atom. The predicted octanol–water partition coefficient (Wildman–Crippen LogP) is 2.26. The molecule has 114 valence electrons. The molecule has 4 heteroatoms.